The van der Waals surface area contributed by atoms with Gasteiger partial charge in [0, 0.05) is 6.42 Å². The molecule has 0 bridgehead atoms. The van der Waals surface area contributed by atoms with E-state index in [1.165, 1.54) is 56.1 Å². The fraction of sp³-hybridized carbons (Fsp3) is 0.553. The van der Waals surface area contributed by atoms with Crippen LogP contribution in [0.25, 0.3) is 0 Å². The highest BCUT2D eigenvalue weighted by molar-refractivity contribution is 5.67. The van der Waals surface area contributed by atoms with Crippen molar-refractivity contribution in [1.82, 2.24) is 0 Å². The Bertz CT molecular complexity index is 1060. The van der Waals surface area contributed by atoms with Gasteiger partial charge in [-0.2, -0.15) is 0 Å². The third-order valence-electron chi connectivity index (χ3n) is 9.87. The van der Waals surface area contributed by atoms with Crippen molar-refractivity contribution >= 4 is 5.97 Å². The van der Waals surface area contributed by atoms with Crippen LogP contribution in [0.15, 0.2) is 85.0 Å². The van der Waals surface area contributed by atoms with Crippen LogP contribution in [0.1, 0.15) is 88.2 Å². The van der Waals surface area contributed by atoms with Crippen molar-refractivity contribution in [2.45, 2.75) is 89.9 Å². The summed E-state index contributed by atoms with van der Waals surface area (Å²) in [5, 5.41) is 9.91. The molecule has 41 heavy (non-hydrogen) atoms. The summed E-state index contributed by atoms with van der Waals surface area (Å²) in [5.41, 5.74) is 8.86. The van der Waals surface area contributed by atoms with Crippen molar-refractivity contribution in [2.75, 3.05) is 6.54 Å². The minimum absolute atomic E-state index is 0.118. The van der Waals surface area contributed by atoms with Gasteiger partial charge in [0.15, 0.2) is 0 Å². The van der Waals surface area contributed by atoms with Gasteiger partial charge in [0.05, 0.1) is 0 Å². The van der Waals surface area contributed by atoms with E-state index in [4.69, 9.17) is 5.73 Å². The molecule has 0 saturated heterocycles. The summed E-state index contributed by atoms with van der Waals surface area (Å²) in [6, 6.07) is 21.4. The number of aryl methyl sites for hydroxylation is 1. The topological polar surface area (TPSA) is 63.3 Å². The van der Waals surface area contributed by atoms with Crippen LogP contribution < -0.4 is 5.73 Å². The molecule has 0 heterocycles. The van der Waals surface area contributed by atoms with Gasteiger partial charge in [-0.1, -0.05) is 117 Å². The van der Waals surface area contributed by atoms with Crippen LogP contribution in [0, 0.1) is 35.5 Å². The standard InChI is InChI=1S/C38H53NO2/c39-26-25-36-34(23-24-35(37(36)29-38(40)41)27-32-18-10-4-11-19-32)28-33(22-21-31-16-8-2-9-17-31)20-12-3-7-15-30-13-5-1-6-14-30/h2-4,8-12,16-19,23-24,30,33-37H,1,5-7,13-15,20-22,25-29,39H2,(H,40,41). The predicted molar refractivity (Wildman–Crippen MR) is 172 cm³/mol. The molecule has 3 N–H and O–H groups in total. The summed E-state index contributed by atoms with van der Waals surface area (Å²) in [6.07, 6.45) is 25.8. The third-order valence-corrected chi connectivity index (χ3v) is 9.87. The van der Waals surface area contributed by atoms with Gasteiger partial charge in [0.2, 0.25) is 0 Å². The van der Waals surface area contributed by atoms with E-state index in [9.17, 15) is 9.90 Å². The highest BCUT2D eigenvalue weighted by Gasteiger charge is 2.37. The molecular weight excluding hydrogens is 502 g/mol. The lowest BCUT2D eigenvalue weighted by atomic mass is 9.64. The highest BCUT2D eigenvalue weighted by Crippen LogP contribution is 2.43. The average Bonchev–Trinajstić information content (AvgIpc) is 2.99. The highest BCUT2D eigenvalue weighted by atomic mass is 16.4. The number of rotatable bonds is 16. The Kier molecular flexibility index (Phi) is 13.2. The minimum Gasteiger partial charge on any atom is -0.481 e. The smallest absolute Gasteiger partial charge is 0.303 e. The molecule has 3 heteroatoms. The van der Waals surface area contributed by atoms with E-state index in [-0.39, 0.29) is 18.3 Å². The molecule has 222 valence electrons. The summed E-state index contributed by atoms with van der Waals surface area (Å²) in [5.74, 6) is 1.87. The molecular formula is C38H53NO2. The number of aliphatic carboxylic acids is 1. The van der Waals surface area contributed by atoms with E-state index in [1.807, 2.05) is 6.07 Å². The van der Waals surface area contributed by atoms with Gasteiger partial charge in [-0.3, -0.25) is 4.79 Å². The lowest BCUT2D eigenvalue weighted by molar-refractivity contribution is -0.139. The first-order chi connectivity index (χ1) is 20.1. The Morgan fingerprint density at radius 2 is 1.54 bits per heavy atom. The zero-order chi connectivity index (χ0) is 28.7. The van der Waals surface area contributed by atoms with Gasteiger partial charge in [0.1, 0.15) is 0 Å². The summed E-state index contributed by atoms with van der Waals surface area (Å²) in [6.45, 7) is 0.610. The van der Waals surface area contributed by atoms with Crippen LogP contribution in [-0.4, -0.2) is 17.6 Å². The van der Waals surface area contributed by atoms with Crippen molar-refractivity contribution in [1.29, 1.82) is 0 Å². The minimum atomic E-state index is -0.689. The van der Waals surface area contributed by atoms with E-state index in [2.05, 4.69) is 78.9 Å². The Hall–Kier alpha value is -2.65. The van der Waals surface area contributed by atoms with E-state index in [1.54, 1.807) is 0 Å². The fourth-order valence-corrected chi connectivity index (χ4v) is 7.64. The van der Waals surface area contributed by atoms with Crippen LogP contribution in [0.5, 0.6) is 0 Å². The molecule has 1 fully saturated rings. The quantitative estimate of drug-likeness (QED) is 0.203. The molecule has 0 spiro atoms. The number of hydrogen-bond donors (Lipinski definition) is 2. The molecule has 2 aliphatic rings. The molecule has 5 atom stereocenters. The van der Waals surface area contributed by atoms with Crippen molar-refractivity contribution in [3.05, 3.63) is 96.1 Å². The number of carboxylic acid groups (broad SMARTS) is 1. The average molecular weight is 556 g/mol. The second-order valence-electron chi connectivity index (χ2n) is 12.8. The molecule has 0 aliphatic heterocycles. The Morgan fingerprint density at radius 1 is 0.854 bits per heavy atom. The number of carbonyl (C=O) groups is 1. The second-order valence-corrected chi connectivity index (χ2v) is 12.8. The Morgan fingerprint density at radius 3 is 2.22 bits per heavy atom. The fourth-order valence-electron chi connectivity index (χ4n) is 7.64. The number of carboxylic acids is 1. The number of allylic oxidation sites excluding steroid dienone is 4. The first-order valence-electron chi connectivity index (χ1n) is 16.5. The van der Waals surface area contributed by atoms with E-state index in [0.29, 0.717) is 24.3 Å². The number of hydrogen-bond acceptors (Lipinski definition) is 2. The zero-order valence-electron chi connectivity index (χ0n) is 25.1. The number of nitrogens with two attached hydrogens (primary N) is 1. The van der Waals surface area contributed by atoms with Gasteiger partial charge >= 0.3 is 5.97 Å². The van der Waals surface area contributed by atoms with Crippen molar-refractivity contribution in [2.24, 2.45) is 41.2 Å². The lowest BCUT2D eigenvalue weighted by Gasteiger charge is -2.40. The predicted octanol–water partition coefficient (Wildman–Crippen LogP) is 9.03. The van der Waals surface area contributed by atoms with Gasteiger partial charge < -0.3 is 10.8 Å². The Balaban J connectivity index is 1.45. The van der Waals surface area contributed by atoms with Crippen LogP contribution in [-0.2, 0) is 17.6 Å². The maximum absolute atomic E-state index is 12.1. The first-order valence-corrected chi connectivity index (χ1v) is 16.5. The van der Waals surface area contributed by atoms with E-state index >= 15 is 0 Å². The molecule has 1 saturated carbocycles. The third kappa shape index (κ3) is 10.6. The second kappa shape index (κ2) is 17.3. The molecule has 2 aliphatic carbocycles. The summed E-state index contributed by atoms with van der Waals surface area (Å²) < 4.78 is 0. The lowest BCUT2D eigenvalue weighted by Crippen LogP contribution is -2.36. The molecule has 0 aromatic heterocycles. The van der Waals surface area contributed by atoms with E-state index < -0.39 is 5.97 Å². The maximum atomic E-state index is 12.1. The molecule has 2 aromatic carbocycles. The van der Waals surface area contributed by atoms with Crippen LogP contribution in [0.2, 0.25) is 0 Å². The molecule has 3 nitrogen and oxygen atoms in total. The van der Waals surface area contributed by atoms with Gasteiger partial charge in [-0.25, -0.2) is 0 Å². The van der Waals surface area contributed by atoms with Crippen LogP contribution in [0.4, 0.5) is 0 Å². The van der Waals surface area contributed by atoms with Crippen molar-refractivity contribution in [3.8, 4) is 0 Å². The van der Waals surface area contributed by atoms with Crippen molar-refractivity contribution in [3.63, 3.8) is 0 Å². The van der Waals surface area contributed by atoms with Gasteiger partial charge in [-0.05, 0) is 105 Å². The van der Waals surface area contributed by atoms with Crippen LogP contribution >= 0.6 is 0 Å². The van der Waals surface area contributed by atoms with Gasteiger partial charge in [0.25, 0.3) is 0 Å². The van der Waals surface area contributed by atoms with Gasteiger partial charge in [-0.15, -0.1) is 0 Å². The largest absolute Gasteiger partial charge is 0.481 e. The monoisotopic (exact) mass is 555 g/mol. The molecule has 2 aromatic rings. The molecule has 0 amide bonds. The number of benzene rings is 2. The SMILES string of the molecule is NCCC1C(CC(CC=CCCC2CCCCC2)CCc2ccccc2)C=CC(Cc2ccccc2)C1CC(=O)O. The molecule has 5 unspecified atom stereocenters. The normalized spacial score (nSPS) is 24.0. The summed E-state index contributed by atoms with van der Waals surface area (Å²) in [7, 11) is 0. The molecule has 4 rings (SSSR count). The van der Waals surface area contributed by atoms with E-state index in [0.717, 1.165) is 44.4 Å². The van der Waals surface area contributed by atoms with Crippen molar-refractivity contribution < 1.29 is 9.90 Å². The Labute approximate surface area is 249 Å². The zero-order valence-corrected chi connectivity index (χ0v) is 25.1. The molecule has 0 radical (unpaired) electrons. The first kappa shape index (κ1) is 31.3. The summed E-state index contributed by atoms with van der Waals surface area (Å²) >= 11 is 0. The maximum Gasteiger partial charge on any atom is 0.303 e. The summed E-state index contributed by atoms with van der Waals surface area (Å²) in [4.78, 5) is 12.1. The van der Waals surface area contributed by atoms with Crippen LogP contribution in [0.3, 0.4) is 0 Å².